The van der Waals surface area contributed by atoms with Crippen molar-refractivity contribution in [1.82, 2.24) is 4.90 Å². The molecule has 0 unspecified atom stereocenters. The largest absolute Gasteiger partial charge is 0.490 e. The van der Waals surface area contributed by atoms with E-state index >= 15 is 0 Å². The van der Waals surface area contributed by atoms with Crippen molar-refractivity contribution in [2.24, 2.45) is 5.92 Å². The van der Waals surface area contributed by atoms with Crippen molar-refractivity contribution in [3.8, 4) is 5.75 Å². The summed E-state index contributed by atoms with van der Waals surface area (Å²) in [4.78, 5) is 39.5. The van der Waals surface area contributed by atoms with Crippen LogP contribution in [0.15, 0.2) is 48.5 Å². The first kappa shape index (κ1) is 23.8. The van der Waals surface area contributed by atoms with Crippen molar-refractivity contribution < 1.29 is 23.9 Å². The number of fused-ring (bicyclic) bond motifs is 2. The SMILES string of the molecule is CC(C)C(=O)Nc1ccc2c(c1)C(=O)N(C)[C@@H]1CC[C@@H](CC(=O)Nc3ccccc3)O[C@@H]1CO2. The van der Waals surface area contributed by atoms with Crippen LogP contribution in [0, 0.1) is 5.92 Å². The maximum absolute atomic E-state index is 13.3. The van der Waals surface area contributed by atoms with Gasteiger partial charge in [0.1, 0.15) is 18.5 Å². The van der Waals surface area contributed by atoms with Crippen LogP contribution < -0.4 is 15.4 Å². The molecule has 0 bridgehead atoms. The molecule has 34 heavy (non-hydrogen) atoms. The molecule has 3 amide bonds. The average Bonchev–Trinajstić information content (AvgIpc) is 2.82. The number of carbonyl (C=O) groups excluding carboxylic acids is 3. The predicted octanol–water partition coefficient (Wildman–Crippen LogP) is 3.69. The second-order valence-electron chi connectivity index (χ2n) is 9.14. The Morgan fingerprint density at radius 3 is 2.56 bits per heavy atom. The highest BCUT2D eigenvalue weighted by Crippen LogP contribution is 2.32. The summed E-state index contributed by atoms with van der Waals surface area (Å²) < 4.78 is 12.2. The molecule has 1 saturated heterocycles. The van der Waals surface area contributed by atoms with Gasteiger partial charge in [-0.1, -0.05) is 32.0 Å². The smallest absolute Gasteiger partial charge is 0.257 e. The van der Waals surface area contributed by atoms with Gasteiger partial charge in [0.2, 0.25) is 11.8 Å². The number of nitrogens with one attached hydrogen (secondary N) is 2. The average molecular weight is 466 g/mol. The normalized spacial score (nSPS) is 22.1. The lowest BCUT2D eigenvalue weighted by Crippen LogP contribution is -2.53. The summed E-state index contributed by atoms with van der Waals surface area (Å²) in [5.74, 6) is -0.123. The molecule has 3 atom stereocenters. The molecule has 0 spiro atoms. The number of rotatable bonds is 5. The first-order valence-electron chi connectivity index (χ1n) is 11.7. The molecule has 2 aromatic carbocycles. The Balaban J connectivity index is 1.43. The first-order chi connectivity index (χ1) is 16.3. The van der Waals surface area contributed by atoms with Gasteiger partial charge in [0.05, 0.1) is 24.1 Å². The predicted molar refractivity (Wildman–Crippen MR) is 129 cm³/mol. The van der Waals surface area contributed by atoms with Crippen LogP contribution in [0.25, 0.3) is 0 Å². The van der Waals surface area contributed by atoms with Crippen molar-refractivity contribution in [1.29, 1.82) is 0 Å². The van der Waals surface area contributed by atoms with Gasteiger partial charge in [-0.25, -0.2) is 0 Å². The van der Waals surface area contributed by atoms with E-state index in [-0.39, 0.29) is 54.9 Å². The van der Waals surface area contributed by atoms with E-state index in [1.165, 1.54) is 0 Å². The molecule has 2 aliphatic rings. The van der Waals surface area contributed by atoms with Crippen LogP contribution in [0.3, 0.4) is 0 Å². The van der Waals surface area contributed by atoms with Crippen LogP contribution in [-0.4, -0.2) is 54.5 Å². The summed E-state index contributed by atoms with van der Waals surface area (Å²) in [6, 6.07) is 14.2. The third kappa shape index (κ3) is 5.39. The molecular weight excluding hydrogens is 434 g/mol. The van der Waals surface area contributed by atoms with Crippen LogP contribution in [0.2, 0.25) is 0 Å². The van der Waals surface area contributed by atoms with Crippen LogP contribution in [-0.2, 0) is 14.3 Å². The molecule has 2 heterocycles. The van der Waals surface area contributed by atoms with Crippen molar-refractivity contribution in [3.63, 3.8) is 0 Å². The highest BCUT2D eigenvalue weighted by molar-refractivity contribution is 6.00. The summed E-state index contributed by atoms with van der Waals surface area (Å²) in [5, 5.41) is 5.73. The number of ether oxygens (including phenoxy) is 2. The molecule has 180 valence electrons. The lowest BCUT2D eigenvalue weighted by Gasteiger charge is -2.42. The number of amides is 3. The fourth-order valence-electron chi connectivity index (χ4n) is 4.33. The number of nitrogens with zero attached hydrogens (tertiary/aromatic N) is 1. The zero-order valence-electron chi connectivity index (χ0n) is 19.7. The summed E-state index contributed by atoms with van der Waals surface area (Å²) in [7, 11) is 1.76. The van der Waals surface area contributed by atoms with E-state index in [1.807, 2.05) is 44.2 Å². The van der Waals surface area contributed by atoms with Crippen LogP contribution in [0.1, 0.15) is 43.5 Å². The molecule has 8 heteroatoms. The minimum atomic E-state index is -0.342. The second kappa shape index (κ2) is 10.3. The van der Waals surface area contributed by atoms with Gasteiger partial charge in [0.25, 0.3) is 5.91 Å². The van der Waals surface area contributed by atoms with Crippen molar-refractivity contribution in [3.05, 3.63) is 54.1 Å². The van der Waals surface area contributed by atoms with Crippen LogP contribution >= 0.6 is 0 Å². The van der Waals surface area contributed by atoms with E-state index in [1.54, 1.807) is 30.1 Å². The number of hydrogen-bond acceptors (Lipinski definition) is 5. The van der Waals surface area contributed by atoms with E-state index in [9.17, 15) is 14.4 Å². The van der Waals surface area contributed by atoms with Gasteiger partial charge in [-0.2, -0.15) is 0 Å². The molecule has 0 aliphatic carbocycles. The minimum Gasteiger partial charge on any atom is -0.490 e. The van der Waals surface area contributed by atoms with E-state index < -0.39 is 0 Å². The molecule has 0 saturated carbocycles. The molecule has 1 fully saturated rings. The molecule has 0 aromatic heterocycles. The molecular formula is C26H31N3O5. The van der Waals surface area contributed by atoms with Crippen LogP contribution in [0.4, 0.5) is 11.4 Å². The fraction of sp³-hybridized carbons (Fsp3) is 0.423. The number of likely N-dealkylation sites (N-methyl/N-ethyl adjacent to an activating group) is 1. The van der Waals surface area contributed by atoms with Crippen LogP contribution in [0.5, 0.6) is 5.75 Å². The second-order valence-corrected chi connectivity index (χ2v) is 9.14. The first-order valence-corrected chi connectivity index (χ1v) is 11.7. The molecule has 0 radical (unpaired) electrons. The Bertz CT molecular complexity index is 1060. The standard InChI is InChI=1S/C26H31N3O5/c1-16(2)25(31)28-18-9-12-22-20(13-18)26(32)29(3)21-11-10-19(34-23(21)15-33-22)14-24(30)27-17-7-5-4-6-8-17/h4-9,12-13,16,19,21,23H,10-11,14-15H2,1-3H3,(H,27,30)(H,28,31)/t19-,21+,23+/m0/s1. The van der Waals surface area contributed by atoms with Gasteiger partial charge < -0.3 is 25.0 Å². The molecule has 2 aliphatic heterocycles. The van der Waals surface area contributed by atoms with Gasteiger partial charge in [-0.15, -0.1) is 0 Å². The maximum atomic E-state index is 13.3. The zero-order valence-corrected chi connectivity index (χ0v) is 19.7. The van der Waals surface area contributed by atoms with Gasteiger partial charge >= 0.3 is 0 Å². The van der Waals surface area contributed by atoms with E-state index in [0.29, 0.717) is 29.8 Å². The number of anilines is 2. The molecule has 4 rings (SSSR count). The van der Waals surface area contributed by atoms with Gasteiger partial charge in [-0.05, 0) is 43.2 Å². The third-order valence-electron chi connectivity index (χ3n) is 6.27. The fourth-order valence-corrected chi connectivity index (χ4v) is 4.33. The van der Waals surface area contributed by atoms with E-state index in [2.05, 4.69) is 10.6 Å². The highest BCUT2D eigenvalue weighted by atomic mass is 16.5. The number of hydrogen-bond donors (Lipinski definition) is 2. The lowest BCUT2D eigenvalue weighted by atomic mass is 9.94. The van der Waals surface area contributed by atoms with E-state index in [4.69, 9.17) is 9.47 Å². The topological polar surface area (TPSA) is 97.0 Å². The number of carbonyl (C=O) groups is 3. The van der Waals surface area contributed by atoms with Crippen molar-refractivity contribution in [2.75, 3.05) is 24.3 Å². The monoisotopic (exact) mass is 465 g/mol. The molecule has 2 aromatic rings. The Kier molecular flexibility index (Phi) is 7.17. The zero-order chi connectivity index (χ0) is 24.2. The number of benzene rings is 2. The maximum Gasteiger partial charge on any atom is 0.257 e. The number of para-hydroxylation sites is 1. The lowest BCUT2D eigenvalue weighted by molar-refractivity contribution is -0.130. The minimum absolute atomic E-state index is 0.104. The van der Waals surface area contributed by atoms with Gasteiger partial charge in [0, 0.05) is 24.3 Å². The van der Waals surface area contributed by atoms with Gasteiger partial charge in [-0.3, -0.25) is 14.4 Å². The summed E-state index contributed by atoms with van der Waals surface area (Å²) >= 11 is 0. The summed E-state index contributed by atoms with van der Waals surface area (Å²) in [5.41, 5.74) is 1.72. The molecule has 8 nitrogen and oxygen atoms in total. The molecule has 2 N–H and O–H groups in total. The van der Waals surface area contributed by atoms with Crippen molar-refractivity contribution >= 4 is 29.1 Å². The third-order valence-corrected chi connectivity index (χ3v) is 6.27. The highest BCUT2D eigenvalue weighted by Gasteiger charge is 2.39. The quantitative estimate of drug-likeness (QED) is 0.702. The Morgan fingerprint density at radius 2 is 1.82 bits per heavy atom. The summed E-state index contributed by atoms with van der Waals surface area (Å²) in [6.45, 7) is 3.89. The van der Waals surface area contributed by atoms with E-state index in [0.717, 1.165) is 5.69 Å². The summed E-state index contributed by atoms with van der Waals surface area (Å²) in [6.07, 6.45) is 1.03. The Labute approximate surface area is 199 Å². The van der Waals surface area contributed by atoms with Crippen molar-refractivity contribution in [2.45, 2.75) is 51.4 Å². The van der Waals surface area contributed by atoms with Gasteiger partial charge in [0.15, 0.2) is 0 Å². The Morgan fingerprint density at radius 1 is 1.06 bits per heavy atom. The Hall–Kier alpha value is -3.39.